The molecular weight excluding hydrogens is 290 g/mol. The molecule has 0 bridgehead atoms. The first-order valence-electron chi connectivity index (χ1n) is 6.34. The van der Waals surface area contributed by atoms with E-state index in [4.69, 9.17) is 9.52 Å². The van der Waals surface area contributed by atoms with Crippen molar-refractivity contribution in [1.29, 1.82) is 0 Å². The van der Waals surface area contributed by atoms with Crippen molar-refractivity contribution in [2.45, 2.75) is 11.3 Å². The number of rotatable bonds is 5. The highest BCUT2D eigenvalue weighted by atomic mass is 32.2. The first-order chi connectivity index (χ1) is 10.1. The maximum atomic E-state index is 12.3. The Balaban J connectivity index is 2.12. The standard InChI is InChI=1S/C15H15NO4S/c17-11-3-6-13-5-1-2-8-15(13)21(18,19)16-10-9-14-7-4-12-20-14/h1-2,4-5,7-8,12,16-17H,9-11H2. The molecule has 2 N–H and O–H groups in total. The summed E-state index contributed by atoms with van der Waals surface area (Å²) in [6, 6.07) is 9.95. The lowest BCUT2D eigenvalue weighted by atomic mass is 10.2. The van der Waals surface area contributed by atoms with Gasteiger partial charge in [-0.15, -0.1) is 0 Å². The van der Waals surface area contributed by atoms with Crippen molar-refractivity contribution >= 4 is 10.0 Å². The van der Waals surface area contributed by atoms with E-state index in [-0.39, 0.29) is 18.0 Å². The van der Waals surface area contributed by atoms with Gasteiger partial charge in [-0.1, -0.05) is 24.0 Å². The zero-order valence-corrected chi connectivity index (χ0v) is 12.1. The molecule has 0 fully saturated rings. The van der Waals surface area contributed by atoms with Crippen LogP contribution < -0.4 is 4.72 Å². The van der Waals surface area contributed by atoms with Crippen LogP contribution in [0.4, 0.5) is 0 Å². The number of benzene rings is 1. The summed E-state index contributed by atoms with van der Waals surface area (Å²) < 4.78 is 32.2. The first kappa shape index (κ1) is 15.3. The fraction of sp³-hybridized carbons (Fsp3) is 0.200. The van der Waals surface area contributed by atoms with E-state index in [1.54, 1.807) is 36.6 Å². The van der Waals surface area contributed by atoms with Crippen LogP contribution >= 0.6 is 0 Å². The van der Waals surface area contributed by atoms with Crippen LogP contribution in [0.3, 0.4) is 0 Å². The van der Waals surface area contributed by atoms with Gasteiger partial charge in [-0.3, -0.25) is 0 Å². The maximum Gasteiger partial charge on any atom is 0.241 e. The highest BCUT2D eigenvalue weighted by molar-refractivity contribution is 7.89. The Morgan fingerprint density at radius 1 is 1.19 bits per heavy atom. The van der Waals surface area contributed by atoms with Gasteiger partial charge in [0.15, 0.2) is 0 Å². The van der Waals surface area contributed by atoms with E-state index in [0.29, 0.717) is 17.7 Å². The first-order valence-corrected chi connectivity index (χ1v) is 7.82. The smallest absolute Gasteiger partial charge is 0.241 e. The van der Waals surface area contributed by atoms with Gasteiger partial charge >= 0.3 is 0 Å². The number of aliphatic hydroxyl groups excluding tert-OH is 1. The summed E-state index contributed by atoms with van der Waals surface area (Å²) >= 11 is 0. The molecule has 0 spiro atoms. The molecule has 0 amide bonds. The molecular formula is C15H15NO4S. The summed E-state index contributed by atoms with van der Waals surface area (Å²) in [5.41, 5.74) is 0.358. The van der Waals surface area contributed by atoms with Crippen LogP contribution in [0.15, 0.2) is 52.0 Å². The molecule has 0 aliphatic heterocycles. The van der Waals surface area contributed by atoms with Crippen LogP contribution in [-0.4, -0.2) is 26.7 Å². The molecule has 2 rings (SSSR count). The van der Waals surface area contributed by atoms with Crippen molar-refractivity contribution in [2.24, 2.45) is 0 Å². The Hall–Kier alpha value is -2.07. The van der Waals surface area contributed by atoms with E-state index in [1.807, 2.05) is 0 Å². The molecule has 6 heteroatoms. The number of nitrogens with one attached hydrogen (secondary N) is 1. The molecule has 1 aromatic heterocycles. The molecule has 21 heavy (non-hydrogen) atoms. The minimum atomic E-state index is -3.65. The predicted octanol–water partition coefficient (Wildman–Crippen LogP) is 1.14. The summed E-state index contributed by atoms with van der Waals surface area (Å²) in [7, 11) is -3.65. The van der Waals surface area contributed by atoms with E-state index in [0.717, 1.165) is 0 Å². The monoisotopic (exact) mass is 305 g/mol. The van der Waals surface area contributed by atoms with Crippen LogP contribution in [0.2, 0.25) is 0 Å². The molecule has 0 aliphatic carbocycles. The second-order valence-corrected chi connectivity index (χ2v) is 5.92. The third kappa shape index (κ3) is 4.20. The average Bonchev–Trinajstić information content (AvgIpc) is 2.98. The van der Waals surface area contributed by atoms with Gasteiger partial charge in [0.1, 0.15) is 12.4 Å². The molecule has 0 saturated carbocycles. The van der Waals surface area contributed by atoms with Gasteiger partial charge < -0.3 is 9.52 Å². The van der Waals surface area contributed by atoms with Crippen molar-refractivity contribution < 1.29 is 17.9 Å². The molecule has 5 nitrogen and oxygen atoms in total. The molecule has 0 radical (unpaired) electrons. The fourth-order valence-electron chi connectivity index (χ4n) is 1.78. The molecule has 0 saturated heterocycles. The quantitative estimate of drug-likeness (QED) is 0.812. The van der Waals surface area contributed by atoms with Gasteiger partial charge in [0.2, 0.25) is 10.0 Å². The van der Waals surface area contributed by atoms with Crippen LogP contribution in [0.25, 0.3) is 0 Å². The van der Waals surface area contributed by atoms with E-state index >= 15 is 0 Å². The summed E-state index contributed by atoms with van der Waals surface area (Å²) in [4.78, 5) is 0.102. The van der Waals surface area contributed by atoms with Crippen LogP contribution in [0, 0.1) is 11.8 Å². The third-order valence-corrected chi connectivity index (χ3v) is 4.24. The normalized spacial score (nSPS) is 10.9. The van der Waals surface area contributed by atoms with Crippen LogP contribution in [0.5, 0.6) is 0 Å². The van der Waals surface area contributed by atoms with Crippen molar-refractivity contribution in [3.8, 4) is 11.8 Å². The summed E-state index contributed by atoms with van der Waals surface area (Å²) in [5, 5.41) is 8.72. The SMILES string of the molecule is O=S(=O)(NCCc1ccco1)c1ccccc1C#CCO. The number of furan rings is 1. The van der Waals surface area contributed by atoms with Gasteiger partial charge in [0, 0.05) is 18.5 Å². The van der Waals surface area contributed by atoms with Crippen LogP contribution in [-0.2, 0) is 16.4 Å². The Bertz CT molecular complexity index is 739. The van der Waals surface area contributed by atoms with Crippen molar-refractivity contribution in [3.63, 3.8) is 0 Å². The van der Waals surface area contributed by atoms with Gasteiger partial charge in [0.25, 0.3) is 0 Å². The number of sulfonamides is 1. The molecule has 0 atom stereocenters. The minimum absolute atomic E-state index is 0.102. The summed E-state index contributed by atoms with van der Waals surface area (Å²) in [6.45, 7) is -0.0854. The topological polar surface area (TPSA) is 79.5 Å². The highest BCUT2D eigenvalue weighted by Crippen LogP contribution is 2.14. The number of hydrogen-bond acceptors (Lipinski definition) is 4. The Kier molecular flexibility index (Phi) is 5.17. The maximum absolute atomic E-state index is 12.3. The number of hydrogen-bond donors (Lipinski definition) is 2. The highest BCUT2D eigenvalue weighted by Gasteiger charge is 2.16. The zero-order chi connectivity index (χ0) is 15.1. The van der Waals surface area contributed by atoms with E-state index in [9.17, 15) is 8.42 Å². The Morgan fingerprint density at radius 2 is 2.00 bits per heavy atom. The lowest BCUT2D eigenvalue weighted by Crippen LogP contribution is -2.26. The van der Waals surface area contributed by atoms with E-state index in [2.05, 4.69) is 16.6 Å². The molecule has 110 valence electrons. The molecule has 1 heterocycles. The van der Waals surface area contributed by atoms with Crippen LogP contribution in [0.1, 0.15) is 11.3 Å². The lowest BCUT2D eigenvalue weighted by molar-refractivity contribution is 0.350. The van der Waals surface area contributed by atoms with E-state index < -0.39 is 10.0 Å². The fourth-order valence-corrected chi connectivity index (χ4v) is 2.97. The van der Waals surface area contributed by atoms with Gasteiger partial charge in [0.05, 0.1) is 11.2 Å². The second kappa shape index (κ2) is 7.09. The Labute approximate surface area is 123 Å². The zero-order valence-electron chi connectivity index (χ0n) is 11.2. The Morgan fingerprint density at radius 3 is 2.71 bits per heavy atom. The average molecular weight is 305 g/mol. The van der Waals surface area contributed by atoms with Gasteiger partial charge in [-0.05, 0) is 24.3 Å². The van der Waals surface area contributed by atoms with Crippen molar-refractivity contribution in [1.82, 2.24) is 4.72 Å². The van der Waals surface area contributed by atoms with Gasteiger partial charge in [-0.2, -0.15) is 0 Å². The number of aliphatic hydroxyl groups is 1. The molecule has 2 aromatic rings. The van der Waals surface area contributed by atoms with E-state index in [1.165, 1.54) is 6.07 Å². The summed E-state index contributed by atoms with van der Waals surface area (Å²) in [5.74, 6) is 5.80. The second-order valence-electron chi connectivity index (χ2n) is 4.18. The van der Waals surface area contributed by atoms with Gasteiger partial charge in [-0.25, -0.2) is 13.1 Å². The predicted molar refractivity (Wildman–Crippen MR) is 78.0 cm³/mol. The van der Waals surface area contributed by atoms with Crippen molar-refractivity contribution in [2.75, 3.05) is 13.2 Å². The lowest BCUT2D eigenvalue weighted by Gasteiger charge is -2.07. The molecule has 1 aromatic carbocycles. The molecule has 0 aliphatic rings. The molecule has 0 unspecified atom stereocenters. The van der Waals surface area contributed by atoms with Crippen molar-refractivity contribution in [3.05, 3.63) is 54.0 Å². The largest absolute Gasteiger partial charge is 0.469 e. The minimum Gasteiger partial charge on any atom is -0.469 e. The third-order valence-electron chi connectivity index (χ3n) is 2.72. The summed E-state index contributed by atoms with van der Waals surface area (Å²) in [6.07, 6.45) is 2.01.